The van der Waals surface area contributed by atoms with Crippen molar-refractivity contribution in [2.45, 2.75) is 37.8 Å². The van der Waals surface area contributed by atoms with Crippen LogP contribution in [0.15, 0.2) is 4.52 Å². The van der Waals surface area contributed by atoms with Crippen molar-refractivity contribution in [2.24, 2.45) is 5.92 Å². The molecule has 1 aliphatic carbocycles. The van der Waals surface area contributed by atoms with E-state index in [1.165, 1.54) is 0 Å². The lowest BCUT2D eigenvalue weighted by atomic mass is 9.80. The number of rotatable bonds is 1. The van der Waals surface area contributed by atoms with E-state index < -0.39 is 12.1 Å². The molecule has 1 aromatic rings. The van der Waals surface area contributed by atoms with Gasteiger partial charge in [0.25, 0.3) is 0 Å². The van der Waals surface area contributed by atoms with Gasteiger partial charge < -0.3 is 10.3 Å². The Morgan fingerprint density at radius 3 is 2.59 bits per heavy atom. The second-order valence-corrected chi connectivity index (χ2v) is 5.43. The number of nitrogen functional groups attached to an aromatic ring is 1. The summed E-state index contributed by atoms with van der Waals surface area (Å²) in [6.07, 6.45) is -2.56. The van der Waals surface area contributed by atoms with Crippen LogP contribution >= 0.6 is 22.6 Å². The zero-order chi connectivity index (χ0) is 12.6. The van der Waals surface area contributed by atoms with Gasteiger partial charge in [-0.15, -0.1) is 0 Å². The summed E-state index contributed by atoms with van der Waals surface area (Å²) in [7, 11) is 0. The SMILES string of the molecule is Nc1noc(C2CCCC(C(F)(F)F)C2)c1I. The molecule has 1 saturated carbocycles. The number of hydrogen-bond acceptors (Lipinski definition) is 3. The zero-order valence-corrected chi connectivity index (χ0v) is 11.1. The molecule has 0 radical (unpaired) electrons. The number of anilines is 1. The Bertz CT molecular complexity index is 405. The van der Waals surface area contributed by atoms with Gasteiger partial charge in [0.2, 0.25) is 0 Å². The van der Waals surface area contributed by atoms with Gasteiger partial charge in [-0.25, -0.2) is 0 Å². The quantitative estimate of drug-likeness (QED) is 0.778. The van der Waals surface area contributed by atoms with Crippen molar-refractivity contribution >= 4 is 28.4 Å². The molecular weight excluding hydrogens is 348 g/mol. The van der Waals surface area contributed by atoms with Crippen LogP contribution < -0.4 is 5.73 Å². The third-order valence-corrected chi connectivity index (χ3v) is 4.28. The monoisotopic (exact) mass is 360 g/mol. The van der Waals surface area contributed by atoms with Crippen LogP contribution in [0.25, 0.3) is 0 Å². The molecule has 0 aliphatic heterocycles. The van der Waals surface area contributed by atoms with E-state index in [-0.39, 0.29) is 24.6 Å². The van der Waals surface area contributed by atoms with E-state index in [9.17, 15) is 13.2 Å². The number of alkyl halides is 3. The van der Waals surface area contributed by atoms with E-state index in [1.807, 2.05) is 22.6 Å². The maximum atomic E-state index is 12.7. The molecule has 0 amide bonds. The van der Waals surface area contributed by atoms with Gasteiger partial charge in [0.15, 0.2) is 11.6 Å². The van der Waals surface area contributed by atoms with Crippen molar-refractivity contribution in [2.75, 3.05) is 5.73 Å². The number of hydrogen-bond donors (Lipinski definition) is 1. The molecule has 1 aromatic heterocycles. The Kier molecular flexibility index (Phi) is 3.55. The van der Waals surface area contributed by atoms with Gasteiger partial charge in [-0.05, 0) is 41.9 Å². The first-order valence-electron chi connectivity index (χ1n) is 5.37. The van der Waals surface area contributed by atoms with Crippen LogP contribution in [0, 0.1) is 9.49 Å². The highest BCUT2D eigenvalue weighted by atomic mass is 127. The molecule has 2 N–H and O–H groups in total. The molecule has 96 valence electrons. The average molecular weight is 360 g/mol. The van der Waals surface area contributed by atoms with Crippen LogP contribution in [0.5, 0.6) is 0 Å². The molecule has 0 saturated heterocycles. The van der Waals surface area contributed by atoms with Crippen molar-refractivity contribution in [1.82, 2.24) is 5.16 Å². The number of nitrogens with zero attached hydrogens (tertiary/aromatic N) is 1. The van der Waals surface area contributed by atoms with Crippen LogP contribution in [0.2, 0.25) is 0 Å². The number of nitrogens with two attached hydrogens (primary N) is 1. The summed E-state index contributed by atoms with van der Waals surface area (Å²) in [4.78, 5) is 0. The van der Waals surface area contributed by atoms with E-state index in [4.69, 9.17) is 10.3 Å². The largest absolute Gasteiger partial charge is 0.391 e. The normalized spacial score (nSPS) is 26.1. The fourth-order valence-electron chi connectivity index (χ4n) is 2.28. The molecule has 1 fully saturated rings. The summed E-state index contributed by atoms with van der Waals surface area (Å²) < 4.78 is 43.7. The van der Waals surface area contributed by atoms with E-state index >= 15 is 0 Å². The molecule has 1 aliphatic rings. The van der Waals surface area contributed by atoms with Gasteiger partial charge in [0.1, 0.15) is 0 Å². The smallest absolute Gasteiger partial charge is 0.380 e. The van der Waals surface area contributed by atoms with Crippen LogP contribution in [-0.4, -0.2) is 11.3 Å². The number of halogens is 4. The molecule has 1 heterocycles. The van der Waals surface area contributed by atoms with E-state index in [0.29, 0.717) is 22.2 Å². The van der Waals surface area contributed by atoms with E-state index in [2.05, 4.69) is 5.16 Å². The van der Waals surface area contributed by atoms with Crippen molar-refractivity contribution < 1.29 is 17.7 Å². The highest BCUT2D eigenvalue weighted by Crippen LogP contribution is 2.44. The summed E-state index contributed by atoms with van der Waals surface area (Å²) in [5, 5.41) is 3.59. The first-order valence-corrected chi connectivity index (χ1v) is 6.44. The molecule has 0 aromatic carbocycles. The molecule has 3 nitrogen and oxygen atoms in total. The molecule has 0 spiro atoms. The first-order chi connectivity index (χ1) is 7.89. The van der Waals surface area contributed by atoms with Gasteiger partial charge >= 0.3 is 6.18 Å². The average Bonchev–Trinajstić information content (AvgIpc) is 2.59. The molecule has 2 rings (SSSR count). The summed E-state index contributed by atoms with van der Waals surface area (Å²) in [6, 6.07) is 0. The lowest BCUT2D eigenvalue weighted by Crippen LogP contribution is -2.28. The summed E-state index contributed by atoms with van der Waals surface area (Å²) in [5.74, 6) is -0.678. The Morgan fingerprint density at radius 1 is 1.35 bits per heavy atom. The lowest BCUT2D eigenvalue weighted by Gasteiger charge is -2.29. The highest BCUT2D eigenvalue weighted by Gasteiger charge is 2.43. The van der Waals surface area contributed by atoms with Crippen LogP contribution in [0.3, 0.4) is 0 Å². The standard InChI is InChI=1S/C10H12F3IN2O/c11-10(12,13)6-3-1-2-5(4-6)8-7(14)9(15)16-17-8/h5-6H,1-4H2,(H2,15,16). The maximum Gasteiger partial charge on any atom is 0.391 e. The molecule has 2 unspecified atom stereocenters. The Hall–Kier alpha value is -0.470. The van der Waals surface area contributed by atoms with Crippen molar-refractivity contribution in [3.63, 3.8) is 0 Å². The molecule has 2 atom stereocenters. The minimum atomic E-state index is -4.12. The van der Waals surface area contributed by atoms with Crippen molar-refractivity contribution in [3.05, 3.63) is 9.33 Å². The zero-order valence-electron chi connectivity index (χ0n) is 8.93. The van der Waals surface area contributed by atoms with Crippen LogP contribution in [0.1, 0.15) is 37.4 Å². The van der Waals surface area contributed by atoms with Gasteiger partial charge in [0.05, 0.1) is 9.49 Å². The second kappa shape index (κ2) is 4.66. The van der Waals surface area contributed by atoms with Gasteiger partial charge in [-0.1, -0.05) is 11.6 Å². The molecule has 7 heteroatoms. The third kappa shape index (κ3) is 2.69. The Labute approximate surface area is 110 Å². The van der Waals surface area contributed by atoms with Crippen molar-refractivity contribution in [3.8, 4) is 0 Å². The Balaban J connectivity index is 2.15. The molecule has 0 bridgehead atoms. The molecular formula is C10H12F3IN2O. The summed E-state index contributed by atoms with van der Waals surface area (Å²) >= 11 is 1.97. The lowest BCUT2D eigenvalue weighted by molar-refractivity contribution is -0.183. The predicted octanol–water partition coefficient (Wildman–Crippen LogP) is 3.70. The Morgan fingerprint density at radius 2 is 2.06 bits per heavy atom. The fourth-order valence-corrected chi connectivity index (χ4v) is 2.92. The minimum absolute atomic E-state index is 0.0775. The highest BCUT2D eigenvalue weighted by molar-refractivity contribution is 14.1. The number of aromatic nitrogens is 1. The van der Waals surface area contributed by atoms with Gasteiger partial charge in [-0.3, -0.25) is 0 Å². The second-order valence-electron chi connectivity index (χ2n) is 4.35. The molecule has 17 heavy (non-hydrogen) atoms. The fraction of sp³-hybridized carbons (Fsp3) is 0.700. The minimum Gasteiger partial charge on any atom is -0.380 e. The summed E-state index contributed by atoms with van der Waals surface area (Å²) in [5.41, 5.74) is 5.53. The van der Waals surface area contributed by atoms with E-state index in [1.54, 1.807) is 0 Å². The summed E-state index contributed by atoms with van der Waals surface area (Å²) in [6.45, 7) is 0. The van der Waals surface area contributed by atoms with Crippen molar-refractivity contribution in [1.29, 1.82) is 0 Å². The van der Waals surface area contributed by atoms with Crippen LogP contribution in [0.4, 0.5) is 19.0 Å². The van der Waals surface area contributed by atoms with Gasteiger partial charge in [0, 0.05) is 5.92 Å². The topological polar surface area (TPSA) is 52.0 Å². The maximum absolute atomic E-state index is 12.7. The van der Waals surface area contributed by atoms with E-state index in [0.717, 1.165) is 0 Å². The first kappa shape index (κ1) is 13.0. The third-order valence-electron chi connectivity index (χ3n) is 3.19. The van der Waals surface area contributed by atoms with Gasteiger partial charge in [-0.2, -0.15) is 13.2 Å². The predicted molar refractivity (Wildman–Crippen MR) is 64.4 cm³/mol. The van der Waals surface area contributed by atoms with Crippen LogP contribution in [-0.2, 0) is 0 Å².